The topological polar surface area (TPSA) is 108 Å². The largest absolute Gasteiger partial charge is 0.497 e. The zero-order valence-corrected chi connectivity index (χ0v) is 14.8. The van der Waals surface area contributed by atoms with Gasteiger partial charge in [-0.1, -0.05) is 12.1 Å². The average Bonchev–Trinajstić information content (AvgIpc) is 2.68. The fourth-order valence-corrected chi connectivity index (χ4v) is 2.26. The number of rotatable bonds is 9. The minimum atomic E-state index is -0.538. The summed E-state index contributed by atoms with van der Waals surface area (Å²) in [5.41, 5.74) is 1.22. The number of hydrogen-bond acceptors (Lipinski definition) is 6. The summed E-state index contributed by atoms with van der Waals surface area (Å²) in [6, 6.07) is 12.7. The van der Waals surface area contributed by atoms with E-state index >= 15 is 0 Å². The number of carbonyl (C=O) groups is 2. The summed E-state index contributed by atoms with van der Waals surface area (Å²) < 4.78 is 10.2. The molecule has 0 spiro atoms. The maximum atomic E-state index is 11.9. The van der Waals surface area contributed by atoms with Crippen molar-refractivity contribution in [1.29, 1.82) is 0 Å². The number of nitrogens with zero attached hydrogens (tertiary/aromatic N) is 1. The van der Waals surface area contributed by atoms with Crippen molar-refractivity contribution in [1.82, 2.24) is 5.32 Å². The Morgan fingerprint density at radius 3 is 2.33 bits per heavy atom. The van der Waals surface area contributed by atoms with Gasteiger partial charge < -0.3 is 14.8 Å². The third-order valence-electron chi connectivity index (χ3n) is 3.77. The van der Waals surface area contributed by atoms with E-state index in [9.17, 15) is 19.7 Å². The van der Waals surface area contributed by atoms with Crippen LogP contribution in [0.2, 0.25) is 0 Å². The van der Waals surface area contributed by atoms with Gasteiger partial charge in [0.1, 0.15) is 5.75 Å². The molecule has 1 amide bonds. The number of nitro benzene ring substituents is 1. The molecule has 0 heterocycles. The highest BCUT2D eigenvalue weighted by atomic mass is 16.6. The first-order valence-corrected chi connectivity index (χ1v) is 8.31. The molecule has 8 nitrogen and oxygen atoms in total. The number of nitrogens with one attached hydrogen (secondary N) is 1. The molecule has 0 aromatic heterocycles. The molecular weight excluding hydrogens is 352 g/mol. The molecule has 0 fully saturated rings. The molecule has 0 saturated heterocycles. The van der Waals surface area contributed by atoms with E-state index in [1.165, 1.54) is 24.3 Å². The second-order valence-corrected chi connectivity index (χ2v) is 5.63. The van der Waals surface area contributed by atoms with Crippen LogP contribution in [0.4, 0.5) is 5.69 Å². The van der Waals surface area contributed by atoms with Gasteiger partial charge in [0, 0.05) is 30.7 Å². The summed E-state index contributed by atoms with van der Waals surface area (Å²) >= 11 is 0. The second-order valence-electron chi connectivity index (χ2n) is 5.63. The van der Waals surface area contributed by atoms with Crippen molar-refractivity contribution in [2.75, 3.05) is 20.3 Å². The number of benzene rings is 2. The second kappa shape index (κ2) is 9.91. The number of non-ortho nitro benzene ring substituents is 1. The van der Waals surface area contributed by atoms with Gasteiger partial charge in [0.2, 0.25) is 0 Å². The van der Waals surface area contributed by atoms with E-state index in [0.29, 0.717) is 6.42 Å². The van der Waals surface area contributed by atoms with E-state index in [4.69, 9.17) is 9.47 Å². The Balaban J connectivity index is 1.66. The van der Waals surface area contributed by atoms with Crippen LogP contribution < -0.4 is 10.1 Å². The molecule has 27 heavy (non-hydrogen) atoms. The highest BCUT2D eigenvalue weighted by Gasteiger charge is 2.10. The highest BCUT2D eigenvalue weighted by molar-refractivity contribution is 5.94. The number of ether oxygens (including phenoxy) is 2. The van der Waals surface area contributed by atoms with Crippen LogP contribution in [0.1, 0.15) is 22.3 Å². The number of nitro groups is 1. The molecule has 8 heteroatoms. The molecule has 0 atom stereocenters. The summed E-state index contributed by atoms with van der Waals surface area (Å²) in [4.78, 5) is 33.7. The molecule has 2 rings (SSSR count). The van der Waals surface area contributed by atoms with E-state index < -0.39 is 16.8 Å². The quantitative estimate of drug-likeness (QED) is 0.412. The maximum Gasteiger partial charge on any atom is 0.307 e. The predicted octanol–water partition coefficient (Wildman–Crippen LogP) is 2.51. The number of hydrogen-bond donors (Lipinski definition) is 1. The van der Waals surface area contributed by atoms with Crippen LogP contribution in [0.15, 0.2) is 48.5 Å². The third-order valence-corrected chi connectivity index (χ3v) is 3.77. The minimum absolute atomic E-state index is 0.0430. The average molecular weight is 372 g/mol. The first-order chi connectivity index (χ1) is 13.0. The van der Waals surface area contributed by atoms with Gasteiger partial charge in [0.15, 0.2) is 0 Å². The molecule has 0 aliphatic carbocycles. The van der Waals surface area contributed by atoms with Crippen molar-refractivity contribution in [3.8, 4) is 5.75 Å². The van der Waals surface area contributed by atoms with Crippen LogP contribution in [0.25, 0.3) is 0 Å². The molecular formula is C19H20N2O6. The number of esters is 1. The van der Waals surface area contributed by atoms with Gasteiger partial charge in [-0.15, -0.1) is 0 Å². The SMILES string of the molecule is COc1ccc(CCOC(=O)CCNC(=O)c2ccc([N+](=O)[O-])cc2)cc1. The molecule has 0 aliphatic heterocycles. The van der Waals surface area contributed by atoms with Gasteiger partial charge in [-0.2, -0.15) is 0 Å². The molecule has 2 aromatic carbocycles. The van der Waals surface area contributed by atoms with E-state index in [0.717, 1.165) is 11.3 Å². The normalized spacial score (nSPS) is 10.1. The molecule has 142 valence electrons. The Morgan fingerprint density at radius 1 is 1.07 bits per heavy atom. The van der Waals surface area contributed by atoms with Crippen LogP contribution in [0, 0.1) is 10.1 Å². The van der Waals surface area contributed by atoms with Gasteiger partial charge in [-0.3, -0.25) is 19.7 Å². The van der Waals surface area contributed by atoms with Crippen LogP contribution in [-0.4, -0.2) is 37.1 Å². The summed E-state index contributed by atoms with van der Waals surface area (Å²) in [7, 11) is 1.59. The number of methoxy groups -OCH3 is 1. The lowest BCUT2D eigenvalue weighted by Crippen LogP contribution is -2.26. The van der Waals surface area contributed by atoms with Gasteiger partial charge in [-0.25, -0.2) is 0 Å². The van der Waals surface area contributed by atoms with Crippen molar-refractivity contribution in [3.05, 3.63) is 69.8 Å². The smallest absolute Gasteiger partial charge is 0.307 e. The standard InChI is InChI=1S/C19H20N2O6/c1-26-17-8-2-14(3-9-17)11-13-27-18(22)10-12-20-19(23)15-4-6-16(7-5-15)21(24)25/h2-9H,10-13H2,1H3,(H,20,23). The summed E-state index contributed by atoms with van der Waals surface area (Å²) in [5.74, 6) is -0.0528. The van der Waals surface area contributed by atoms with E-state index in [2.05, 4.69) is 5.32 Å². The van der Waals surface area contributed by atoms with Crippen LogP contribution in [-0.2, 0) is 16.0 Å². The molecule has 1 N–H and O–H groups in total. The van der Waals surface area contributed by atoms with Crippen molar-refractivity contribution in [2.24, 2.45) is 0 Å². The van der Waals surface area contributed by atoms with Gasteiger partial charge in [-0.05, 0) is 29.8 Å². The third kappa shape index (κ3) is 6.43. The lowest BCUT2D eigenvalue weighted by Gasteiger charge is -2.07. The zero-order valence-electron chi connectivity index (χ0n) is 14.8. The fraction of sp³-hybridized carbons (Fsp3) is 0.263. The van der Waals surface area contributed by atoms with Crippen LogP contribution in [0.3, 0.4) is 0 Å². The fourth-order valence-electron chi connectivity index (χ4n) is 2.26. The summed E-state index contributed by atoms with van der Waals surface area (Å²) in [5, 5.41) is 13.2. The highest BCUT2D eigenvalue weighted by Crippen LogP contribution is 2.12. The Labute approximate surface area is 156 Å². The molecule has 0 unspecified atom stereocenters. The van der Waals surface area contributed by atoms with E-state index in [-0.39, 0.29) is 30.8 Å². The Kier molecular flexibility index (Phi) is 7.30. The monoisotopic (exact) mass is 372 g/mol. The molecule has 0 saturated carbocycles. The number of carbonyl (C=O) groups excluding carboxylic acids is 2. The maximum absolute atomic E-state index is 11.9. The lowest BCUT2D eigenvalue weighted by atomic mass is 10.1. The lowest BCUT2D eigenvalue weighted by molar-refractivity contribution is -0.384. The first kappa shape index (κ1) is 19.9. The number of amides is 1. The minimum Gasteiger partial charge on any atom is -0.497 e. The summed E-state index contributed by atoms with van der Waals surface area (Å²) in [6.07, 6.45) is 0.631. The summed E-state index contributed by atoms with van der Waals surface area (Å²) in [6.45, 7) is 0.374. The zero-order chi connectivity index (χ0) is 19.6. The van der Waals surface area contributed by atoms with Crippen molar-refractivity contribution in [3.63, 3.8) is 0 Å². The first-order valence-electron chi connectivity index (χ1n) is 8.31. The van der Waals surface area contributed by atoms with Gasteiger partial charge in [0.05, 0.1) is 25.1 Å². The Bertz CT molecular complexity index is 787. The Hall–Kier alpha value is -3.42. The molecule has 0 radical (unpaired) electrons. The van der Waals surface area contributed by atoms with E-state index in [1.54, 1.807) is 7.11 Å². The van der Waals surface area contributed by atoms with Crippen molar-refractivity contribution < 1.29 is 24.0 Å². The van der Waals surface area contributed by atoms with Crippen LogP contribution >= 0.6 is 0 Å². The molecule has 0 aliphatic rings. The van der Waals surface area contributed by atoms with Crippen molar-refractivity contribution >= 4 is 17.6 Å². The van der Waals surface area contributed by atoms with Gasteiger partial charge >= 0.3 is 5.97 Å². The van der Waals surface area contributed by atoms with E-state index in [1.807, 2.05) is 24.3 Å². The molecule has 0 bridgehead atoms. The van der Waals surface area contributed by atoms with Crippen LogP contribution in [0.5, 0.6) is 5.75 Å². The Morgan fingerprint density at radius 2 is 1.74 bits per heavy atom. The van der Waals surface area contributed by atoms with Crippen molar-refractivity contribution in [2.45, 2.75) is 12.8 Å². The van der Waals surface area contributed by atoms with Gasteiger partial charge in [0.25, 0.3) is 11.6 Å². The predicted molar refractivity (Wildman–Crippen MR) is 97.7 cm³/mol. The molecule has 2 aromatic rings.